The molecular formula is C50H57FN10O6S. The van der Waals surface area contributed by atoms with Crippen molar-refractivity contribution in [3.8, 4) is 33.4 Å². The van der Waals surface area contributed by atoms with Crippen LogP contribution in [0.1, 0.15) is 123 Å². The van der Waals surface area contributed by atoms with E-state index >= 15 is 0 Å². The standard InChI is InChI=1S/C50H57FN10O6S/c1-26(29-8-10-30(11-9-29)43-27(2)55-25-68-43)56-47(64)39-20-35(62)23-60(39)49(66)44(50(4,5)6)57-46(63)31-12-15-34(16-13-31)61-40(21-52)42-32-18-41(45(53)54-22-32)67-28(3)37-19-33(51)14-17-36(37)48(65)59(7)24-38(42)58-61/h8-11,14,17-19,22,25-26,28,31,34-35,39,44,62H,12-13,15-16,20,23-24H2,1-7H3,(H2,53,54)(H,56,64)(H,57,63)/t26-,28+,31?,34?,35+,39-,44+/m0/s1. The SMILES string of the molecule is Cc1ncsc1-c1ccc([C@H](C)NC(=O)[C@@H]2C[C@@H](O)CN2C(=O)[C@@H](NC(=O)C2CCC(n3nc4c(c3C#N)-c3cnc(N)c(c3)O[C@H](C)c3cc(F)ccc3C(=O)N(C)C4)CC2)C(C)(C)C)cc1. The number of aromatic nitrogens is 4. The number of nitriles is 1. The smallest absolute Gasteiger partial charge is 0.254 e. The number of nitrogens with one attached hydrogen (secondary N) is 2. The van der Waals surface area contributed by atoms with Gasteiger partial charge in [-0.1, -0.05) is 45.0 Å². The molecule has 2 aliphatic heterocycles. The molecule has 2 fully saturated rings. The Morgan fingerprint density at radius 1 is 1.03 bits per heavy atom. The number of carbonyl (C=O) groups excluding carboxylic acids is 4. The molecule has 0 spiro atoms. The first-order chi connectivity index (χ1) is 32.3. The Bertz CT molecular complexity index is 2790. The van der Waals surface area contributed by atoms with Crippen LogP contribution in [-0.4, -0.2) is 90.1 Å². The highest BCUT2D eigenvalue weighted by molar-refractivity contribution is 7.13. The molecular weight excluding hydrogens is 888 g/mol. The van der Waals surface area contributed by atoms with Gasteiger partial charge in [-0.2, -0.15) is 10.4 Å². The predicted molar refractivity (Wildman–Crippen MR) is 253 cm³/mol. The molecule has 1 saturated heterocycles. The van der Waals surface area contributed by atoms with Crippen LogP contribution in [0.2, 0.25) is 0 Å². The van der Waals surface area contributed by atoms with Gasteiger partial charge >= 0.3 is 0 Å². The number of carbonyl (C=O) groups is 4. The zero-order chi connectivity index (χ0) is 48.8. The fraction of sp³-hybridized carbons (Fsp3) is 0.440. The molecule has 68 heavy (non-hydrogen) atoms. The number of amides is 4. The molecule has 0 unspecified atom stereocenters. The summed E-state index contributed by atoms with van der Waals surface area (Å²) in [5.74, 6) is -2.24. The van der Waals surface area contributed by atoms with Gasteiger partial charge in [0.25, 0.3) is 5.91 Å². The van der Waals surface area contributed by atoms with Gasteiger partial charge in [0, 0.05) is 54.4 Å². The summed E-state index contributed by atoms with van der Waals surface area (Å²) >= 11 is 1.56. The molecule has 2 bridgehead atoms. The number of thiazole rings is 1. The van der Waals surface area contributed by atoms with Crippen LogP contribution < -0.4 is 21.1 Å². The normalized spacial score (nSPS) is 21.5. The molecule has 18 heteroatoms. The largest absolute Gasteiger partial charge is 0.482 e. The van der Waals surface area contributed by atoms with Crippen LogP contribution in [0.25, 0.3) is 21.6 Å². The molecule has 3 aromatic heterocycles. The number of hydrogen-bond acceptors (Lipinski definition) is 12. The number of nitrogens with two attached hydrogens (primary N) is 1. The van der Waals surface area contributed by atoms with Gasteiger partial charge in [0.1, 0.15) is 35.8 Å². The molecule has 5 heterocycles. The third-order valence-corrected chi connectivity index (χ3v) is 14.4. The minimum absolute atomic E-state index is 0.0132. The molecule has 5 atom stereocenters. The number of β-amino-alcohol motifs (C(OH)–C–C–N with tert-alkyl or cyclic N) is 1. The fourth-order valence-electron chi connectivity index (χ4n) is 9.63. The third kappa shape index (κ3) is 9.54. The second kappa shape index (κ2) is 19.1. The Hall–Kier alpha value is -6.71. The van der Waals surface area contributed by atoms with Crippen molar-refractivity contribution >= 4 is 40.8 Å². The number of aliphatic hydroxyl groups is 1. The summed E-state index contributed by atoms with van der Waals surface area (Å²) in [7, 11) is 1.61. The number of rotatable bonds is 8. The number of nitrogen functional groups attached to an aromatic ring is 1. The van der Waals surface area contributed by atoms with Gasteiger partial charge in [0.2, 0.25) is 17.7 Å². The molecule has 4 amide bonds. The van der Waals surface area contributed by atoms with E-state index in [1.807, 2.05) is 64.4 Å². The molecule has 16 nitrogen and oxygen atoms in total. The third-order valence-electron chi connectivity index (χ3n) is 13.4. The van der Waals surface area contributed by atoms with Crippen molar-refractivity contribution in [2.24, 2.45) is 11.3 Å². The molecule has 0 radical (unpaired) electrons. The van der Waals surface area contributed by atoms with E-state index in [0.29, 0.717) is 48.1 Å². The van der Waals surface area contributed by atoms with Gasteiger partial charge in [-0.25, -0.2) is 14.4 Å². The first kappa shape index (κ1) is 47.8. The van der Waals surface area contributed by atoms with Crippen molar-refractivity contribution in [1.82, 2.24) is 40.2 Å². The Labute approximate surface area is 398 Å². The number of aliphatic hydroxyl groups excluding tert-OH is 1. The van der Waals surface area contributed by atoms with Crippen LogP contribution in [0.5, 0.6) is 5.75 Å². The van der Waals surface area contributed by atoms with Gasteiger partial charge < -0.3 is 36.0 Å². The van der Waals surface area contributed by atoms with Crippen molar-refractivity contribution < 1.29 is 33.4 Å². The first-order valence-corrected chi connectivity index (χ1v) is 23.8. The summed E-state index contributed by atoms with van der Waals surface area (Å²) in [4.78, 5) is 69.0. The minimum Gasteiger partial charge on any atom is -0.482 e. The highest BCUT2D eigenvalue weighted by Crippen LogP contribution is 2.40. The number of ether oxygens (including phenoxy) is 1. The highest BCUT2D eigenvalue weighted by Gasteiger charge is 2.45. The topological polar surface area (TPSA) is 222 Å². The lowest BCUT2D eigenvalue weighted by Crippen LogP contribution is -2.58. The monoisotopic (exact) mass is 944 g/mol. The van der Waals surface area contributed by atoms with Crippen molar-refractivity contribution in [2.75, 3.05) is 19.3 Å². The maximum Gasteiger partial charge on any atom is 0.254 e. The fourth-order valence-corrected chi connectivity index (χ4v) is 10.4. The Morgan fingerprint density at radius 3 is 2.41 bits per heavy atom. The number of pyridine rings is 1. The Balaban J connectivity index is 0.965. The zero-order valence-electron chi connectivity index (χ0n) is 39.2. The Kier molecular flexibility index (Phi) is 13.4. The summed E-state index contributed by atoms with van der Waals surface area (Å²) in [5, 5.41) is 32.5. The van der Waals surface area contributed by atoms with E-state index in [0.717, 1.165) is 21.7 Å². The highest BCUT2D eigenvalue weighted by atomic mass is 32.1. The van der Waals surface area contributed by atoms with Gasteiger partial charge in [-0.15, -0.1) is 11.3 Å². The number of anilines is 1. The van der Waals surface area contributed by atoms with Gasteiger partial charge in [-0.05, 0) is 87.3 Å². The second-order valence-corrected chi connectivity index (χ2v) is 20.2. The van der Waals surface area contributed by atoms with E-state index in [2.05, 4.69) is 26.7 Å². The molecule has 1 saturated carbocycles. The van der Waals surface area contributed by atoms with Crippen LogP contribution in [0.3, 0.4) is 0 Å². The number of likely N-dealkylation sites (tertiary alicyclic amines) is 1. The van der Waals surface area contributed by atoms with E-state index in [-0.39, 0.29) is 60.3 Å². The molecule has 2 aromatic carbocycles. The average molecular weight is 945 g/mol. The summed E-state index contributed by atoms with van der Waals surface area (Å²) in [6.45, 7) is 11.0. The molecule has 1 aliphatic carbocycles. The maximum absolute atomic E-state index is 14.5. The van der Waals surface area contributed by atoms with Crippen LogP contribution in [-0.2, 0) is 20.9 Å². The summed E-state index contributed by atoms with van der Waals surface area (Å²) in [5.41, 5.74) is 12.4. The molecule has 5 N–H and O–H groups in total. The van der Waals surface area contributed by atoms with Crippen LogP contribution >= 0.6 is 11.3 Å². The van der Waals surface area contributed by atoms with E-state index in [1.54, 1.807) is 36.1 Å². The molecule has 356 valence electrons. The van der Waals surface area contributed by atoms with Crippen molar-refractivity contribution in [1.29, 1.82) is 5.26 Å². The molecule has 3 aliphatic rings. The van der Waals surface area contributed by atoms with Gasteiger partial charge in [0.05, 0.1) is 46.5 Å². The minimum atomic E-state index is -0.998. The number of aryl methyl sites for hydroxylation is 1. The van der Waals surface area contributed by atoms with E-state index in [9.17, 15) is 33.9 Å². The maximum atomic E-state index is 14.5. The second-order valence-electron chi connectivity index (χ2n) is 19.3. The van der Waals surface area contributed by atoms with Gasteiger partial charge in [-0.3, -0.25) is 23.9 Å². The lowest BCUT2D eigenvalue weighted by Gasteiger charge is -2.37. The van der Waals surface area contributed by atoms with Crippen molar-refractivity contribution in [3.63, 3.8) is 0 Å². The van der Waals surface area contributed by atoms with Gasteiger partial charge in [0.15, 0.2) is 11.6 Å². The van der Waals surface area contributed by atoms with Crippen LogP contribution in [0.15, 0.2) is 60.2 Å². The predicted octanol–water partition coefficient (Wildman–Crippen LogP) is 6.80. The Morgan fingerprint density at radius 2 is 1.75 bits per heavy atom. The molecule has 5 aromatic rings. The number of nitrogens with zero attached hydrogens (tertiary/aromatic N) is 7. The summed E-state index contributed by atoms with van der Waals surface area (Å²) in [6.07, 6.45) is 1.71. The summed E-state index contributed by atoms with van der Waals surface area (Å²) in [6, 6.07) is 13.2. The van der Waals surface area contributed by atoms with E-state index < -0.39 is 59.2 Å². The van der Waals surface area contributed by atoms with E-state index in [4.69, 9.17) is 15.6 Å². The average Bonchev–Trinajstić information content (AvgIpc) is 4.03. The molecule has 8 rings (SSSR count). The van der Waals surface area contributed by atoms with Crippen molar-refractivity contribution in [3.05, 3.63) is 99.8 Å². The summed E-state index contributed by atoms with van der Waals surface area (Å²) < 4.78 is 22.4. The number of benzene rings is 2. The van der Waals surface area contributed by atoms with Crippen LogP contribution in [0, 0.1) is 35.4 Å². The first-order valence-electron chi connectivity index (χ1n) is 22.9. The van der Waals surface area contributed by atoms with Crippen molar-refractivity contribution in [2.45, 2.75) is 117 Å². The zero-order valence-corrected chi connectivity index (χ0v) is 40.1. The van der Waals surface area contributed by atoms with Crippen LogP contribution in [0.4, 0.5) is 10.2 Å². The number of fused-ring (bicyclic) bond motifs is 5. The number of halogens is 1. The quantitative estimate of drug-likeness (QED) is 0.127. The van der Waals surface area contributed by atoms with E-state index in [1.165, 1.54) is 34.2 Å². The lowest BCUT2D eigenvalue weighted by molar-refractivity contribution is -0.144. The number of hydrogen-bond donors (Lipinski definition) is 4. The lowest BCUT2D eigenvalue weighted by atomic mass is 9.82.